The highest BCUT2D eigenvalue weighted by atomic mass is 16.7. The van der Waals surface area contributed by atoms with Crippen molar-refractivity contribution >= 4 is 18.2 Å². The number of carbonyl (C=O) groups excluding carboxylic acids is 1. The van der Waals surface area contributed by atoms with E-state index in [9.17, 15) is 4.79 Å². The molecule has 2 aliphatic heterocycles. The average molecular weight is 385 g/mol. The molecule has 7 nitrogen and oxygen atoms in total. The minimum Gasteiger partial charge on any atom is -0.462 e. The molecule has 0 bridgehead atoms. The number of piperidine rings is 1. The lowest BCUT2D eigenvalue weighted by Gasteiger charge is -2.47. The zero-order chi connectivity index (χ0) is 19.6. The van der Waals surface area contributed by atoms with Gasteiger partial charge in [-0.1, -0.05) is 12.5 Å². The van der Waals surface area contributed by atoms with Crippen LogP contribution in [0.4, 0.5) is 0 Å². The van der Waals surface area contributed by atoms with E-state index < -0.39 is 18.4 Å². The van der Waals surface area contributed by atoms with E-state index in [2.05, 4.69) is 21.9 Å². The maximum Gasteiger partial charge on any atom is 0.255 e. The average Bonchev–Trinajstić information content (AvgIpc) is 2.66. The number of rotatable bonds is 5. The normalized spacial score (nSPS) is 22.1. The zero-order valence-electron chi connectivity index (χ0n) is 16.0. The van der Waals surface area contributed by atoms with Crippen molar-refractivity contribution in [1.29, 1.82) is 0 Å². The summed E-state index contributed by atoms with van der Waals surface area (Å²) in [5, 5.41) is 11.3. The van der Waals surface area contributed by atoms with Crippen LogP contribution in [0.25, 0.3) is 5.57 Å². The summed E-state index contributed by atoms with van der Waals surface area (Å²) in [6.45, 7) is 5.45. The Hall–Kier alpha value is -2.22. The van der Waals surface area contributed by atoms with Gasteiger partial charge in [0.15, 0.2) is 0 Å². The fraction of sp³-hybridized carbons (Fsp3) is 0.524. The van der Waals surface area contributed by atoms with Gasteiger partial charge in [0.1, 0.15) is 12.5 Å². The van der Waals surface area contributed by atoms with E-state index in [1.165, 1.54) is 25.5 Å². The maximum atomic E-state index is 12.2. The van der Waals surface area contributed by atoms with Crippen molar-refractivity contribution in [2.45, 2.75) is 50.5 Å². The molecule has 4 rings (SSSR count). The largest absolute Gasteiger partial charge is 0.462 e. The molecule has 0 aromatic heterocycles. The van der Waals surface area contributed by atoms with Gasteiger partial charge in [0.05, 0.1) is 12.2 Å². The molecule has 7 heteroatoms. The molecule has 1 spiro atoms. The number of likely N-dealkylation sites (tertiary alicyclic amines) is 1. The zero-order valence-corrected chi connectivity index (χ0v) is 16.0. The van der Waals surface area contributed by atoms with Crippen molar-refractivity contribution < 1.29 is 19.4 Å². The van der Waals surface area contributed by atoms with E-state index >= 15 is 0 Å². The Morgan fingerprint density at radius 2 is 2.18 bits per heavy atom. The van der Waals surface area contributed by atoms with Crippen LogP contribution in [-0.2, 0) is 16.1 Å². The number of carbonyl (C=O) groups is 1. The Morgan fingerprint density at radius 3 is 2.82 bits per heavy atom. The lowest BCUT2D eigenvalue weighted by molar-refractivity contribution is -0.231. The lowest BCUT2D eigenvalue weighted by atomic mass is 9.89. The molecule has 1 aliphatic carbocycles. The van der Waals surface area contributed by atoms with Crippen LogP contribution in [0.5, 0.6) is 5.75 Å². The monoisotopic (exact) mass is 385 g/mol. The predicted octanol–water partition coefficient (Wildman–Crippen LogP) is 2.05. The second-order valence-corrected chi connectivity index (χ2v) is 7.63. The maximum absolute atomic E-state index is 12.2. The minimum atomic E-state index is -0.537. The standard InChI is InChI=1S/C21H27N3O4/c1-22-12-18(20(26)23-14-25)15-5-6-19-16(11-15)13-27-21(28-19)7-9-24(10-8-21)17-3-2-4-17/h5-6,11-12,17,25H,1-4,7-10,13-14H2,(H,23,26)/b18-12-. The van der Waals surface area contributed by atoms with Gasteiger partial charge in [-0.05, 0) is 37.3 Å². The Labute approximate surface area is 165 Å². The lowest BCUT2D eigenvalue weighted by Crippen LogP contribution is -2.54. The van der Waals surface area contributed by atoms with Gasteiger partial charge in [-0.3, -0.25) is 14.7 Å². The summed E-state index contributed by atoms with van der Waals surface area (Å²) in [6, 6.07) is 6.34. The molecule has 1 aromatic carbocycles. The highest BCUT2D eigenvalue weighted by Gasteiger charge is 2.42. The van der Waals surface area contributed by atoms with Crippen LogP contribution in [-0.4, -0.2) is 54.3 Å². The number of benzene rings is 1. The summed E-state index contributed by atoms with van der Waals surface area (Å²) < 4.78 is 12.5. The van der Waals surface area contributed by atoms with E-state index in [1.807, 2.05) is 18.2 Å². The highest BCUT2D eigenvalue weighted by Crippen LogP contribution is 2.40. The fourth-order valence-corrected chi connectivity index (χ4v) is 4.15. The number of ether oxygens (including phenoxy) is 2. The molecular formula is C21H27N3O4. The van der Waals surface area contributed by atoms with E-state index in [4.69, 9.17) is 14.6 Å². The Morgan fingerprint density at radius 1 is 1.39 bits per heavy atom. The van der Waals surface area contributed by atoms with Crippen LogP contribution in [0.3, 0.4) is 0 Å². The first-order valence-corrected chi connectivity index (χ1v) is 9.89. The number of nitrogens with one attached hydrogen (secondary N) is 1. The van der Waals surface area contributed by atoms with Gasteiger partial charge in [0.25, 0.3) is 5.91 Å². The molecule has 1 amide bonds. The third-order valence-corrected chi connectivity index (χ3v) is 6.01. The molecule has 2 N–H and O–H groups in total. The Kier molecular flexibility index (Phi) is 5.48. The predicted molar refractivity (Wildman–Crippen MR) is 106 cm³/mol. The third kappa shape index (κ3) is 3.70. The van der Waals surface area contributed by atoms with Crippen molar-refractivity contribution in [3.05, 3.63) is 35.5 Å². The minimum absolute atomic E-state index is 0.334. The molecule has 2 heterocycles. The van der Waals surface area contributed by atoms with Gasteiger partial charge in [0, 0.05) is 43.7 Å². The van der Waals surface area contributed by atoms with Crippen LogP contribution in [0.15, 0.2) is 29.4 Å². The summed E-state index contributed by atoms with van der Waals surface area (Å²) in [6.07, 6.45) is 7.11. The van der Waals surface area contributed by atoms with E-state index in [-0.39, 0.29) is 0 Å². The molecule has 1 aromatic rings. The smallest absolute Gasteiger partial charge is 0.255 e. The first kappa shape index (κ1) is 19.1. The molecule has 1 saturated heterocycles. The number of nitrogens with zero attached hydrogens (tertiary/aromatic N) is 2. The first-order chi connectivity index (χ1) is 13.6. The van der Waals surface area contributed by atoms with Crippen molar-refractivity contribution in [2.24, 2.45) is 4.99 Å². The van der Waals surface area contributed by atoms with Crippen molar-refractivity contribution in [2.75, 3.05) is 19.8 Å². The summed E-state index contributed by atoms with van der Waals surface area (Å²) in [5.41, 5.74) is 1.91. The van der Waals surface area contributed by atoms with Gasteiger partial charge < -0.3 is 19.9 Å². The van der Waals surface area contributed by atoms with Crippen molar-refractivity contribution in [3.63, 3.8) is 0 Å². The molecule has 1 saturated carbocycles. The van der Waals surface area contributed by atoms with Crippen LogP contribution in [0, 0.1) is 0 Å². The van der Waals surface area contributed by atoms with E-state index in [0.29, 0.717) is 17.7 Å². The van der Waals surface area contributed by atoms with Crippen molar-refractivity contribution in [1.82, 2.24) is 10.2 Å². The number of amides is 1. The number of fused-ring (bicyclic) bond motifs is 1. The highest BCUT2D eigenvalue weighted by molar-refractivity contribution is 6.19. The molecule has 0 atom stereocenters. The van der Waals surface area contributed by atoms with Gasteiger partial charge in [-0.15, -0.1) is 0 Å². The van der Waals surface area contributed by atoms with Crippen LogP contribution in [0.1, 0.15) is 43.2 Å². The topological polar surface area (TPSA) is 83.4 Å². The molecule has 0 radical (unpaired) electrons. The molecule has 150 valence electrons. The van der Waals surface area contributed by atoms with Gasteiger partial charge in [-0.2, -0.15) is 0 Å². The fourth-order valence-electron chi connectivity index (χ4n) is 4.15. The van der Waals surface area contributed by atoms with Crippen molar-refractivity contribution in [3.8, 4) is 5.75 Å². The number of hydrogen-bond donors (Lipinski definition) is 2. The molecular weight excluding hydrogens is 358 g/mol. The summed E-state index contributed by atoms with van der Waals surface area (Å²) in [4.78, 5) is 18.4. The van der Waals surface area contributed by atoms with E-state index in [0.717, 1.165) is 43.3 Å². The number of aliphatic hydroxyl groups excluding tert-OH is 1. The Balaban J connectivity index is 1.48. The summed E-state index contributed by atoms with van der Waals surface area (Å²) >= 11 is 0. The second-order valence-electron chi connectivity index (χ2n) is 7.63. The quantitative estimate of drug-likeness (QED) is 0.460. The van der Waals surface area contributed by atoms with Crippen LogP contribution in [0.2, 0.25) is 0 Å². The Bertz CT molecular complexity index is 780. The van der Waals surface area contributed by atoms with E-state index in [1.54, 1.807) is 0 Å². The van der Waals surface area contributed by atoms with Crippen LogP contribution < -0.4 is 10.1 Å². The molecule has 2 fully saturated rings. The van der Waals surface area contributed by atoms with Gasteiger partial charge in [-0.25, -0.2) is 0 Å². The third-order valence-electron chi connectivity index (χ3n) is 6.01. The summed E-state index contributed by atoms with van der Waals surface area (Å²) in [7, 11) is 0. The molecule has 0 unspecified atom stereocenters. The van der Waals surface area contributed by atoms with Gasteiger partial charge in [0.2, 0.25) is 5.79 Å². The number of aliphatic hydroxyl groups is 1. The van der Waals surface area contributed by atoms with Gasteiger partial charge >= 0.3 is 0 Å². The SMILES string of the molecule is C=N/C=C(\C(=O)NCO)c1ccc2c(c1)COC1(CCN(C3CCC3)CC1)O2. The summed E-state index contributed by atoms with van der Waals surface area (Å²) in [5.74, 6) is -0.141. The first-order valence-electron chi connectivity index (χ1n) is 9.89. The number of aliphatic imine (C=N–C) groups is 1. The molecule has 3 aliphatic rings. The van der Waals surface area contributed by atoms with Crippen LogP contribution >= 0.6 is 0 Å². The number of hydrogen-bond acceptors (Lipinski definition) is 6. The molecule has 28 heavy (non-hydrogen) atoms. The second kappa shape index (κ2) is 8.03.